The Hall–Kier alpha value is -1.63. The van der Waals surface area contributed by atoms with Crippen molar-refractivity contribution >= 4 is 10.0 Å². The van der Waals surface area contributed by atoms with E-state index in [-0.39, 0.29) is 4.90 Å². The second-order valence-electron chi connectivity index (χ2n) is 4.52. The van der Waals surface area contributed by atoms with E-state index in [1.165, 1.54) is 0 Å². The van der Waals surface area contributed by atoms with Gasteiger partial charge < -0.3 is 10.2 Å². The minimum Gasteiger partial charge on any atom is -0.469 e. The first-order valence-electron chi connectivity index (χ1n) is 6.34. The first-order chi connectivity index (χ1) is 9.53. The van der Waals surface area contributed by atoms with Crippen LogP contribution >= 0.6 is 0 Å². The number of sulfonamides is 1. The molecule has 0 fully saturated rings. The predicted octanol–water partition coefficient (Wildman–Crippen LogP) is 1.57. The van der Waals surface area contributed by atoms with Gasteiger partial charge in [-0.05, 0) is 42.3 Å². The number of nitrogens with one attached hydrogen (secondary N) is 1. The number of benzene rings is 1. The lowest BCUT2D eigenvalue weighted by atomic mass is 10.1. The molecule has 0 aliphatic heterocycles. The normalized spacial score (nSPS) is 11.7. The van der Waals surface area contributed by atoms with Crippen LogP contribution in [0.4, 0.5) is 0 Å². The zero-order valence-electron chi connectivity index (χ0n) is 11.3. The van der Waals surface area contributed by atoms with Gasteiger partial charge in [0.2, 0.25) is 10.0 Å². The molecule has 0 amide bonds. The molecule has 0 spiro atoms. The highest BCUT2D eigenvalue weighted by atomic mass is 32.2. The Balaban J connectivity index is 2.04. The van der Waals surface area contributed by atoms with E-state index in [2.05, 4.69) is 4.72 Å². The smallest absolute Gasteiger partial charge is 0.240 e. The molecule has 0 aliphatic carbocycles. The fourth-order valence-corrected chi connectivity index (χ4v) is 3.03. The largest absolute Gasteiger partial charge is 0.469 e. The molecule has 0 saturated carbocycles. The lowest BCUT2D eigenvalue weighted by Crippen LogP contribution is -2.26. The molecule has 1 aromatic carbocycles. The summed E-state index contributed by atoms with van der Waals surface area (Å²) in [6.07, 6.45) is 2.09. The quantitative estimate of drug-likeness (QED) is 0.847. The van der Waals surface area contributed by atoms with E-state index >= 15 is 0 Å². The standard InChI is InChI=1S/C14H18N2O3S/c1-11-9-14(5-4-12(11)10-15)20(17,18)16-7-6-13-3-2-8-19-13/h2-5,8-9,16H,6-7,10,15H2,1H3. The van der Waals surface area contributed by atoms with Gasteiger partial charge in [0.25, 0.3) is 0 Å². The molecule has 3 N–H and O–H groups in total. The molecule has 0 unspecified atom stereocenters. The van der Waals surface area contributed by atoms with Crippen molar-refractivity contribution in [2.45, 2.75) is 24.8 Å². The molecule has 2 rings (SSSR count). The van der Waals surface area contributed by atoms with Crippen LogP contribution in [0.15, 0.2) is 45.9 Å². The SMILES string of the molecule is Cc1cc(S(=O)(=O)NCCc2ccco2)ccc1CN. The number of hydrogen-bond acceptors (Lipinski definition) is 4. The fraction of sp³-hybridized carbons (Fsp3) is 0.286. The Labute approximate surface area is 118 Å². The van der Waals surface area contributed by atoms with Crippen LogP contribution in [0.3, 0.4) is 0 Å². The van der Waals surface area contributed by atoms with Crippen molar-refractivity contribution in [3.63, 3.8) is 0 Å². The molecular weight excluding hydrogens is 276 g/mol. The number of furan rings is 1. The van der Waals surface area contributed by atoms with Crippen LogP contribution in [0.2, 0.25) is 0 Å². The molecule has 0 saturated heterocycles. The van der Waals surface area contributed by atoms with Gasteiger partial charge in [0, 0.05) is 19.5 Å². The summed E-state index contributed by atoms with van der Waals surface area (Å²) in [5.74, 6) is 0.752. The Morgan fingerprint density at radius 3 is 2.70 bits per heavy atom. The Bertz CT molecular complexity index is 664. The second kappa shape index (κ2) is 6.21. The van der Waals surface area contributed by atoms with Gasteiger partial charge in [-0.2, -0.15) is 0 Å². The predicted molar refractivity (Wildman–Crippen MR) is 76.7 cm³/mol. The van der Waals surface area contributed by atoms with E-state index in [1.54, 1.807) is 30.5 Å². The lowest BCUT2D eigenvalue weighted by Gasteiger charge is -2.09. The van der Waals surface area contributed by atoms with Crippen molar-refractivity contribution in [2.24, 2.45) is 5.73 Å². The highest BCUT2D eigenvalue weighted by Gasteiger charge is 2.14. The zero-order chi connectivity index (χ0) is 14.6. The van der Waals surface area contributed by atoms with Crippen LogP contribution in [0, 0.1) is 6.92 Å². The van der Waals surface area contributed by atoms with Crippen LogP contribution < -0.4 is 10.5 Å². The minimum atomic E-state index is -3.49. The molecule has 0 radical (unpaired) electrons. The number of nitrogens with two attached hydrogens (primary N) is 1. The Morgan fingerprint density at radius 2 is 2.10 bits per heavy atom. The summed E-state index contributed by atoms with van der Waals surface area (Å²) in [5.41, 5.74) is 7.39. The maximum Gasteiger partial charge on any atom is 0.240 e. The van der Waals surface area contributed by atoms with E-state index in [0.29, 0.717) is 19.5 Å². The molecule has 108 valence electrons. The van der Waals surface area contributed by atoms with Crippen LogP contribution in [-0.2, 0) is 23.0 Å². The highest BCUT2D eigenvalue weighted by molar-refractivity contribution is 7.89. The van der Waals surface area contributed by atoms with E-state index in [1.807, 2.05) is 13.0 Å². The van der Waals surface area contributed by atoms with Crippen molar-refractivity contribution in [1.82, 2.24) is 4.72 Å². The third-order valence-electron chi connectivity index (χ3n) is 3.09. The van der Waals surface area contributed by atoms with Gasteiger partial charge in [-0.3, -0.25) is 0 Å². The molecule has 0 bridgehead atoms. The Morgan fingerprint density at radius 1 is 1.30 bits per heavy atom. The monoisotopic (exact) mass is 294 g/mol. The fourth-order valence-electron chi connectivity index (χ4n) is 1.91. The van der Waals surface area contributed by atoms with Crippen molar-refractivity contribution in [3.8, 4) is 0 Å². The Kier molecular flexibility index (Phi) is 4.59. The van der Waals surface area contributed by atoms with Gasteiger partial charge in [-0.15, -0.1) is 0 Å². The minimum absolute atomic E-state index is 0.256. The van der Waals surface area contributed by atoms with Crippen LogP contribution in [0.25, 0.3) is 0 Å². The van der Waals surface area contributed by atoms with Gasteiger partial charge >= 0.3 is 0 Å². The number of hydrogen-bond donors (Lipinski definition) is 2. The van der Waals surface area contributed by atoms with Crippen molar-refractivity contribution in [2.75, 3.05) is 6.54 Å². The van der Waals surface area contributed by atoms with Crippen LogP contribution in [0.1, 0.15) is 16.9 Å². The maximum atomic E-state index is 12.1. The summed E-state index contributed by atoms with van der Waals surface area (Å²) in [7, 11) is -3.49. The molecule has 0 atom stereocenters. The van der Waals surface area contributed by atoms with Crippen LogP contribution in [-0.4, -0.2) is 15.0 Å². The zero-order valence-corrected chi connectivity index (χ0v) is 12.1. The first-order valence-corrected chi connectivity index (χ1v) is 7.83. The molecule has 2 aromatic rings. The van der Waals surface area contributed by atoms with Crippen molar-refractivity contribution in [3.05, 3.63) is 53.5 Å². The average molecular weight is 294 g/mol. The van der Waals surface area contributed by atoms with Crippen molar-refractivity contribution in [1.29, 1.82) is 0 Å². The summed E-state index contributed by atoms with van der Waals surface area (Å²) in [4.78, 5) is 0.256. The third-order valence-corrected chi connectivity index (χ3v) is 4.55. The van der Waals surface area contributed by atoms with Gasteiger partial charge in [-0.1, -0.05) is 6.07 Å². The third kappa shape index (κ3) is 3.47. The van der Waals surface area contributed by atoms with Gasteiger partial charge in [0.1, 0.15) is 5.76 Å². The second-order valence-corrected chi connectivity index (χ2v) is 6.29. The van der Waals surface area contributed by atoms with E-state index in [4.69, 9.17) is 10.2 Å². The van der Waals surface area contributed by atoms with Gasteiger partial charge in [0.15, 0.2) is 0 Å². The van der Waals surface area contributed by atoms with Gasteiger partial charge in [-0.25, -0.2) is 13.1 Å². The number of rotatable bonds is 6. The summed E-state index contributed by atoms with van der Waals surface area (Å²) in [6.45, 7) is 2.55. The van der Waals surface area contributed by atoms with Crippen LogP contribution in [0.5, 0.6) is 0 Å². The summed E-state index contributed by atoms with van der Waals surface area (Å²) >= 11 is 0. The highest BCUT2D eigenvalue weighted by Crippen LogP contribution is 2.15. The molecule has 0 aliphatic rings. The molecule has 6 heteroatoms. The maximum absolute atomic E-state index is 12.1. The molecule has 5 nitrogen and oxygen atoms in total. The van der Waals surface area contributed by atoms with E-state index in [0.717, 1.165) is 16.9 Å². The van der Waals surface area contributed by atoms with Crippen molar-refractivity contribution < 1.29 is 12.8 Å². The average Bonchev–Trinajstić information content (AvgIpc) is 2.91. The van der Waals surface area contributed by atoms with E-state index in [9.17, 15) is 8.42 Å². The topological polar surface area (TPSA) is 85.3 Å². The summed E-state index contributed by atoms with van der Waals surface area (Å²) in [5, 5.41) is 0. The van der Waals surface area contributed by atoms with Gasteiger partial charge in [0.05, 0.1) is 11.2 Å². The molecule has 1 aromatic heterocycles. The number of aryl methyl sites for hydroxylation is 1. The van der Waals surface area contributed by atoms with E-state index < -0.39 is 10.0 Å². The molecule has 1 heterocycles. The lowest BCUT2D eigenvalue weighted by molar-refractivity contribution is 0.506. The summed E-state index contributed by atoms with van der Waals surface area (Å²) in [6, 6.07) is 8.55. The molecular formula is C14H18N2O3S. The first kappa shape index (κ1) is 14.8. The summed E-state index contributed by atoms with van der Waals surface area (Å²) < 4.78 is 32.0. The molecule has 20 heavy (non-hydrogen) atoms.